The number of rotatable bonds is 6. The fraction of sp³-hybridized carbons (Fsp3) is 0.286. The Hall–Kier alpha value is -3.27. The van der Waals surface area contributed by atoms with Crippen molar-refractivity contribution in [1.82, 2.24) is 0 Å². The summed E-state index contributed by atoms with van der Waals surface area (Å²) in [5.74, 6) is -1.12. The van der Waals surface area contributed by atoms with Crippen molar-refractivity contribution in [2.75, 3.05) is 0 Å². The van der Waals surface area contributed by atoms with Crippen LogP contribution in [0.15, 0.2) is 72.8 Å². The van der Waals surface area contributed by atoms with Crippen molar-refractivity contribution in [1.29, 1.82) is 0 Å². The molecule has 0 spiro atoms. The van der Waals surface area contributed by atoms with Gasteiger partial charge in [0.05, 0.1) is 5.41 Å². The Kier molecular flexibility index (Phi) is 6.22. The summed E-state index contributed by atoms with van der Waals surface area (Å²) in [5.41, 5.74) is 2.89. The first-order valence-electron chi connectivity index (χ1n) is 11.0. The number of benzene rings is 3. The van der Waals surface area contributed by atoms with E-state index in [9.17, 15) is 14.0 Å². The first kappa shape index (κ1) is 21.9. The van der Waals surface area contributed by atoms with Crippen LogP contribution in [-0.4, -0.2) is 11.8 Å². The fourth-order valence-corrected chi connectivity index (χ4v) is 4.48. The maximum atomic E-state index is 14.0. The molecule has 3 aromatic carbocycles. The van der Waals surface area contributed by atoms with Gasteiger partial charge in [-0.3, -0.25) is 9.59 Å². The second-order valence-corrected chi connectivity index (χ2v) is 8.73. The summed E-state index contributed by atoms with van der Waals surface area (Å²) in [6, 6.07) is 20.9. The lowest BCUT2D eigenvalue weighted by Crippen LogP contribution is -2.37. The molecule has 0 heterocycles. The van der Waals surface area contributed by atoms with Crippen LogP contribution in [0.3, 0.4) is 0 Å². The highest BCUT2D eigenvalue weighted by molar-refractivity contribution is 6.01. The van der Waals surface area contributed by atoms with E-state index in [0.717, 1.165) is 24.0 Å². The number of carbonyl (C=O) groups is 2. The molecule has 0 aliphatic heterocycles. The quantitative estimate of drug-likeness (QED) is 0.335. The van der Waals surface area contributed by atoms with Gasteiger partial charge >= 0.3 is 5.97 Å². The van der Waals surface area contributed by atoms with E-state index in [1.807, 2.05) is 50.2 Å². The van der Waals surface area contributed by atoms with E-state index in [1.165, 1.54) is 12.1 Å². The zero-order valence-corrected chi connectivity index (χ0v) is 18.4. The lowest BCUT2D eigenvalue weighted by molar-refractivity contribution is -0.154. The molecule has 1 fully saturated rings. The molecule has 1 saturated carbocycles. The highest BCUT2D eigenvalue weighted by Gasteiger charge is 2.46. The van der Waals surface area contributed by atoms with Crippen molar-refractivity contribution < 1.29 is 18.7 Å². The number of aryl methyl sites for hydroxylation is 2. The predicted octanol–water partition coefficient (Wildman–Crippen LogP) is 6.42. The molecule has 0 aromatic heterocycles. The van der Waals surface area contributed by atoms with Gasteiger partial charge in [0, 0.05) is 11.1 Å². The number of hydrogen-bond acceptors (Lipinski definition) is 3. The van der Waals surface area contributed by atoms with Crippen molar-refractivity contribution in [2.45, 2.75) is 51.0 Å². The van der Waals surface area contributed by atoms with E-state index in [1.54, 1.807) is 24.3 Å². The lowest BCUT2D eigenvalue weighted by atomic mass is 9.78. The van der Waals surface area contributed by atoms with Crippen molar-refractivity contribution in [2.24, 2.45) is 0 Å². The SMILES string of the molecule is Cc1ccc(C(=O)C(OC(=O)C2(c3cccc(F)c3)CCCC2)c2ccc(C)cc2)cc1. The zero-order chi connectivity index (χ0) is 22.7. The smallest absolute Gasteiger partial charge is 0.317 e. The standard InChI is InChI=1S/C28H27FO3/c1-19-8-12-21(13-9-19)25(30)26(22-14-10-20(2)11-15-22)32-27(31)28(16-3-4-17-28)23-6-5-7-24(29)18-23/h5-15,18,26H,3-4,16-17H2,1-2H3. The summed E-state index contributed by atoms with van der Waals surface area (Å²) >= 11 is 0. The van der Waals surface area contributed by atoms with Crippen LogP contribution in [0.2, 0.25) is 0 Å². The Bertz CT molecular complexity index is 1110. The molecule has 1 atom stereocenters. The van der Waals surface area contributed by atoms with Gasteiger partial charge in [0.2, 0.25) is 5.78 Å². The van der Waals surface area contributed by atoms with Gasteiger partial charge in [-0.05, 0) is 44.4 Å². The van der Waals surface area contributed by atoms with Gasteiger partial charge in [-0.25, -0.2) is 4.39 Å². The van der Waals surface area contributed by atoms with Crippen molar-refractivity contribution in [3.8, 4) is 0 Å². The first-order valence-corrected chi connectivity index (χ1v) is 11.0. The van der Waals surface area contributed by atoms with Crippen LogP contribution in [0.25, 0.3) is 0 Å². The summed E-state index contributed by atoms with van der Waals surface area (Å²) in [5, 5.41) is 0. The van der Waals surface area contributed by atoms with Gasteiger partial charge < -0.3 is 4.74 Å². The summed E-state index contributed by atoms with van der Waals surface area (Å²) in [6.45, 7) is 3.92. The Morgan fingerprint density at radius 2 is 1.47 bits per heavy atom. The Labute approximate surface area is 188 Å². The van der Waals surface area contributed by atoms with E-state index in [0.29, 0.717) is 29.5 Å². The number of hydrogen-bond donors (Lipinski definition) is 0. The minimum atomic E-state index is -1.06. The molecular formula is C28H27FO3. The number of Topliss-reactive ketones (excluding diaryl/α,β-unsaturated/α-hetero) is 1. The summed E-state index contributed by atoms with van der Waals surface area (Å²) in [7, 11) is 0. The normalized spacial score (nSPS) is 15.8. The van der Waals surface area contributed by atoms with Gasteiger partial charge in [0.15, 0.2) is 6.10 Å². The topological polar surface area (TPSA) is 43.4 Å². The molecule has 1 aliphatic rings. The second kappa shape index (κ2) is 9.07. The van der Waals surface area contributed by atoms with Crippen molar-refractivity contribution >= 4 is 11.8 Å². The van der Waals surface area contributed by atoms with Crippen molar-refractivity contribution in [3.05, 3.63) is 106 Å². The third-order valence-electron chi connectivity index (χ3n) is 6.40. The van der Waals surface area contributed by atoms with Gasteiger partial charge in [0.1, 0.15) is 5.82 Å². The molecule has 0 N–H and O–H groups in total. The molecular weight excluding hydrogens is 403 g/mol. The highest BCUT2D eigenvalue weighted by Crippen LogP contribution is 2.43. The van der Waals surface area contributed by atoms with Crippen LogP contribution in [0.5, 0.6) is 0 Å². The van der Waals surface area contributed by atoms with E-state index in [-0.39, 0.29) is 11.6 Å². The molecule has 3 nitrogen and oxygen atoms in total. The maximum absolute atomic E-state index is 14.0. The average molecular weight is 431 g/mol. The minimum absolute atomic E-state index is 0.269. The molecule has 1 aliphatic carbocycles. The fourth-order valence-electron chi connectivity index (χ4n) is 4.48. The van der Waals surface area contributed by atoms with Gasteiger partial charge in [-0.1, -0.05) is 84.6 Å². The number of ether oxygens (including phenoxy) is 1. The molecule has 0 saturated heterocycles. The van der Waals surface area contributed by atoms with Crippen LogP contribution in [0.4, 0.5) is 4.39 Å². The molecule has 4 rings (SSSR count). The number of ketones is 1. The maximum Gasteiger partial charge on any atom is 0.317 e. The van der Waals surface area contributed by atoms with Crippen LogP contribution >= 0.6 is 0 Å². The summed E-state index contributed by atoms with van der Waals surface area (Å²) < 4.78 is 20.0. The Morgan fingerprint density at radius 1 is 0.875 bits per heavy atom. The molecule has 0 bridgehead atoms. The molecule has 32 heavy (non-hydrogen) atoms. The second-order valence-electron chi connectivity index (χ2n) is 8.73. The Morgan fingerprint density at radius 3 is 2.06 bits per heavy atom. The third-order valence-corrected chi connectivity index (χ3v) is 6.40. The molecule has 4 heteroatoms. The Balaban J connectivity index is 1.71. The number of carbonyl (C=O) groups excluding carboxylic acids is 2. The summed E-state index contributed by atoms with van der Waals surface area (Å²) in [4.78, 5) is 27.1. The van der Waals surface area contributed by atoms with E-state index < -0.39 is 17.5 Å². The van der Waals surface area contributed by atoms with Crippen LogP contribution in [-0.2, 0) is 14.9 Å². The highest BCUT2D eigenvalue weighted by atomic mass is 19.1. The molecule has 1 unspecified atom stereocenters. The molecule has 3 aromatic rings. The number of esters is 1. The summed E-state index contributed by atoms with van der Waals surface area (Å²) in [6.07, 6.45) is 1.81. The molecule has 0 radical (unpaired) electrons. The van der Waals surface area contributed by atoms with Gasteiger partial charge in [0.25, 0.3) is 0 Å². The molecule has 0 amide bonds. The third kappa shape index (κ3) is 4.36. The minimum Gasteiger partial charge on any atom is -0.448 e. The predicted molar refractivity (Wildman–Crippen MR) is 122 cm³/mol. The van der Waals surface area contributed by atoms with Crippen LogP contribution in [0, 0.1) is 19.7 Å². The average Bonchev–Trinajstić information content (AvgIpc) is 3.30. The monoisotopic (exact) mass is 430 g/mol. The first-order chi connectivity index (χ1) is 15.4. The van der Waals surface area contributed by atoms with Crippen LogP contribution in [0.1, 0.15) is 64.4 Å². The lowest BCUT2D eigenvalue weighted by Gasteiger charge is -2.30. The van der Waals surface area contributed by atoms with E-state index in [4.69, 9.17) is 4.74 Å². The van der Waals surface area contributed by atoms with E-state index >= 15 is 0 Å². The van der Waals surface area contributed by atoms with E-state index in [2.05, 4.69) is 0 Å². The van der Waals surface area contributed by atoms with Crippen LogP contribution < -0.4 is 0 Å². The van der Waals surface area contributed by atoms with Crippen molar-refractivity contribution in [3.63, 3.8) is 0 Å². The number of halogens is 1. The largest absolute Gasteiger partial charge is 0.448 e. The zero-order valence-electron chi connectivity index (χ0n) is 18.4. The van der Waals surface area contributed by atoms with Gasteiger partial charge in [-0.15, -0.1) is 0 Å². The molecule has 164 valence electrons. The van der Waals surface area contributed by atoms with Gasteiger partial charge in [-0.2, -0.15) is 0 Å².